The summed E-state index contributed by atoms with van der Waals surface area (Å²) in [5, 5.41) is 0. The lowest BCUT2D eigenvalue weighted by Crippen LogP contribution is -2.19. The third kappa shape index (κ3) is 25.7. The fourth-order valence-electron chi connectivity index (χ4n) is 4.29. The van der Waals surface area contributed by atoms with Gasteiger partial charge in [0.25, 0.3) is 0 Å². The molecular weight excluding hydrogens is 362 g/mol. The molecule has 180 valence electrons. The van der Waals surface area contributed by atoms with E-state index in [1.165, 1.54) is 141 Å². The third-order valence-electron chi connectivity index (χ3n) is 6.44. The van der Waals surface area contributed by atoms with Gasteiger partial charge in [-0.1, -0.05) is 136 Å². The van der Waals surface area contributed by atoms with Crippen molar-refractivity contribution in [1.29, 1.82) is 0 Å². The van der Waals surface area contributed by atoms with Crippen molar-refractivity contribution in [3.8, 4) is 0 Å². The molecule has 30 heavy (non-hydrogen) atoms. The Hall–Kier alpha value is -0.300. The van der Waals surface area contributed by atoms with Crippen molar-refractivity contribution in [1.82, 2.24) is 0 Å². The van der Waals surface area contributed by atoms with Gasteiger partial charge in [0.1, 0.15) is 0 Å². The molecule has 0 amide bonds. The summed E-state index contributed by atoms with van der Waals surface area (Å²) in [5.74, 6) is 0.873. The summed E-state index contributed by atoms with van der Waals surface area (Å²) < 4.78 is 0. The minimum Gasteiger partial charge on any atom is -0.328 e. The van der Waals surface area contributed by atoms with Gasteiger partial charge in [0.05, 0.1) is 0 Å². The third-order valence-corrected chi connectivity index (χ3v) is 6.44. The molecule has 0 aliphatic carbocycles. The Morgan fingerprint density at radius 1 is 0.500 bits per heavy atom. The molecule has 0 heterocycles. The number of nitrogens with two attached hydrogens (primary N) is 1. The maximum absolute atomic E-state index is 6.31. The molecule has 0 aromatic heterocycles. The minimum atomic E-state index is 0.442. The van der Waals surface area contributed by atoms with Crippen molar-refractivity contribution in [2.75, 3.05) is 0 Å². The van der Waals surface area contributed by atoms with Gasteiger partial charge in [0.2, 0.25) is 0 Å². The van der Waals surface area contributed by atoms with Gasteiger partial charge in [-0.15, -0.1) is 0 Å². The van der Waals surface area contributed by atoms with Crippen LogP contribution in [0.5, 0.6) is 0 Å². The molecule has 1 heteroatoms. The maximum Gasteiger partial charge on any atom is 0.00388 e. The Labute approximate surface area is 192 Å². The van der Waals surface area contributed by atoms with Crippen LogP contribution >= 0.6 is 0 Å². The summed E-state index contributed by atoms with van der Waals surface area (Å²) in [6.07, 6.45) is 35.1. The van der Waals surface area contributed by atoms with Crippen LogP contribution in [-0.4, -0.2) is 6.04 Å². The van der Waals surface area contributed by atoms with Crippen LogP contribution in [0.4, 0.5) is 0 Å². The Morgan fingerprint density at radius 3 is 1.37 bits per heavy atom. The predicted octanol–water partition coefficient (Wildman–Crippen LogP) is 10.1. The van der Waals surface area contributed by atoms with Gasteiger partial charge in [-0.3, -0.25) is 0 Å². The Morgan fingerprint density at radius 2 is 0.867 bits per heavy atom. The SMILES string of the molecule is CCCCCCCCCCC/C=C/CCCCC(N)CCCCCCCCC(C)C. The first-order valence-corrected chi connectivity index (χ1v) is 14.1. The zero-order valence-corrected chi connectivity index (χ0v) is 21.4. The summed E-state index contributed by atoms with van der Waals surface area (Å²) in [6, 6.07) is 0.442. The highest BCUT2D eigenvalue weighted by Crippen LogP contribution is 2.14. The largest absolute Gasteiger partial charge is 0.328 e. The van der Waals surface area contributed by atoms with Gasteiger partial charge in [0, 0.05) is 6.04 Å². The van der Waals surface area contributed by atoms with Crippen LogP contribution < -0.4 is 5.73 Å². The first-order chi connectivity index (χ1) is 14.7. The van der Waals surface area contributed by atoms with Gasteiger partial charge in [-0.25, -0.2) is 0 Å². The van der Waals surface area contributed by atoms with Crippen LogP contribution in [0.2, 0.25) is 0 Å². The maximum atomic E-state index is 6.31. The smallest absolute Gasteiger partial charge is 0.00388 e. The van der Waals surface area contributed by atoms with Crippen LogP contribution in [0, 0.1) is 5.92 Å². The molecule has 0 rings (SSSR count). The highest BCUT2D eigenvalue weighted by atomic mass is 14.6. The molecular formula is C29H59N. The monoisotopic (exact) mass is 421 g/mol. The molecule has 0 aromatic rings. The van der Waals surface area contributed by atoms with E-state index in [1.54, 1.807) is 0 Å². The Bertz CT molecular complexity index is 333. The molecule has 0 saturated carbocycles. The van der Waals surface area contributed by atoms with Gasteiger partial charge in [0.15, 0.2) is 0 Å². The number of hydrogen-bond donors (Lipinski definition) is 1. The van der Waals surface area contributed by atoms with Gasteiger partial charge >= 0.3 is 0 Å². The molecule has 0 aliphatic rings. The van der Waals surface area contributed by atoms with Crippen LogP contribution in [0.1, 0.15) is 162 Å². The van der Waals surface area contributed by atoms with Crippen LogP contribution in [0.15, 0.2) is 12.2 Å². The summed E-state index contributed by atoms with van der Waals surface area (Å²) in [7, 11) is 0. The molecule has 1 nitrogen and oxygen atoms in total. The molecule has 0 aromatic carbocycles. The summed E-state index contributed by atoms with van der Waals surface area (Å²) in [6.45, 7) is 6.95. The second kappa shape index (κ2) is 25.0. The van der Waals surface area contributed by atoms with E-state index in [1.807, 2.05) is 0 Å². The zero-order chi connectivity index (χ0) is 22.1. The molecule has 0 bridgehead atoms. The molecule has 1 atom stereocenters. The van der Waals surface area contributed by atoms with Crippen molar-refractivity contribution in [2.45, 2.75) is 168 Å². The summed E-state index contributed by atoms with van der Waals surface area (Å²) in [4.78, 5) is 0. The second-order valence-corrected chi connectivity index (χ2v) is 10.2. The van der Waals surface area contributed by atoms with Crippen molar-refractivity contribution >= 4 is 0 Å². The molecule has 0 saturated heterocycles. The van der Waals surface area contributed by atoms with Crippen LogP contribution in [0.3, 0.4) is 0 Å². The quantitative estimate of drug-likeness (QED) is 0.122. The molecule has 2 N–H and O–H groups in total. The van der Waals surface area contributed by atoms with Crippen LogP contribution in [0.25, 0.3) is 0 Å². The Kier molecular flexibility index (Phi) is 24.7. The van der Waals surface area contributed by atoms with E-state index in [-0.39, 0.29) is 0 Å². The number of hydrogen-bond acceptors (Lipinski definition) is 1. The average molecular weight is 422 g/mol. The van der Waals surface area contributed by atoms with E-state index in [0.717, 1.165) is 5.92 Å². The van der Waals surface area contributed by atoms with Gasteiger partial charge in [-0.05, 0) is 44.4 Å². The number of rotatable bonds is 24. The van der Waals surface area contributed by atoms with Crippen molar-refractivity contribution in [2.24, 2.45) is 11.7 Å². The standard InChI is InChI=1S/C29H59N/c1-4-5-6-7-8-9-10-11-12-13-14-15-16-20-23-26-29(30)27-24-21-18-17-19-22-25-28(2)3/h14-15,28-29H,4-13,16-27,30H2,1-3H3/b15-14+. The second-order valence-electron chi connectivity index (χ2n) is 10.2. The van der Waals surface area contributed by atoms with Gasteiger partial charge < -0.3 is 5.73 Å². The van der Waals surface area contributed by atoms with Crippen molar-refractivity contribution < 1.29 is 0 Å². The summed E-state index contributed by atoms with van der Waals surface area (Å²) in [5.41, 5.74) is 6.31. The normalized spacial score (nSPS) is 13.0. The van der Waals surface area contributed by atoms with E-state index >= 15 is 0 Å². The van der Waals surface area contributed by atoms with E-state index < -0.39 is 0 Å². The highest BCUT2D eigenvalue weighted by Gasteiger charge is 2.02. The van der Waals surface area contributed by atoms with E-state index in [0.29, 0.717) is 6.04 Å². The van der Waals surface area contributed by atoms with Crippen LogP contribution in [-0.2, 0) is 0 Å². The lowest BCUT2D eigenvalue weighted by molar-refractivity contribution is 0.482. The minimum absolute atomic E-state index is 0.442. The van der Waals surface area contributed by atoms with E-state index in [9.17, 15) is 0 Å². The summed E-state index contributed by atoms with van der Waals surface area (Å²) >= 11 is 0. The topological polar surface area (TPSA) is 26.0 Å². The lowest BCUT2D eigenvalue weighted by Gasteiger charge is -2.11. The first kappa shape index (κ1) is 29.7. The van der Waals surface area contributed by atoms with E-state index in [2.05, 4.69) is 32.9 Å². The lowest BCUT2D eigenvalue weighted by atomic mass is 10.0. The fourth-order valence-corrected chi connectivity index (χ4v) is 4.29. The molecule has 0 radical (unpaired) electrons. The van der Waals surface area contributed by atoms with Crippen molar-refractivity contribution in [3.63, 3.8) is 0 Å². The van der Waals surface area contributed by atoms with E-state index in [4.69, 9.17) is 5.73 Å². The number of unbranched alkanes of at least 4 members (excludes halogenated alkanes) is 16. The zero-order valence-electron chi connectivity index (χ0n) is 21.4. The first-order valence-electron chi connectivity index (χ1n) is 14.1. The molecule has 0 aliphatic heterocycles. The highest BCUT2D eigenvalue weighted by molar-refractivity contribution is 4.81. The van der Waals surface area contributed by atoms with Crippen molar-refractivity contribution in [3.05, 3.63) is 12.2 Å². The van der Waals surface area contributed by atoms with Gasteiger partial charge in [-0.2, -0.15) is 0 Å². The average Bonchev–Trinajstić information content (AvgIpc) is 2.72. The fraction of sp³-hybridized carbons (Fsp3) is 0.931. The predicted molar refractivity (Wildman–Crippen MR) is 139 cm³/mol. The molecule has 0 spiro atoms. The molecule has 0 fully saturated rings. The Balaban J connectivity index is 3.22. The number of allylic oxidation sites excluding steroid dienone is 2. The molecule has 1 unspecified atom stereocenters.